The van der Waals surface area contributed by atoms with E-state index in [1.807, 2.05) is 41.9 Å². The van der Waals surface area contributed by atoms with Crippen molar-refractivity contribution in [3.8, 4) is 11.5 Å². The first-order valence-corrected chi connectivity index (χ1v) is 10.6. The van der Waals surface area contributed by atoms with E-state index in [1.165, 1.54) is 11.3 Å². The van der Waals surface area contributed by atoms with Crippen molar-refractivity contribution >= 4 is 33.2 Å². The highest BCUT2D eigenvalue weighted by Crippen LogP contribution is 2.35. The summed E-state index contributed by atoms with van der Waals surface area (Å²) in [6.45, 7) is 1.04. The number of benzene rings is 3. The molecule has 0 saturated heterocycles. The summed E-state index contributed by atoms with van der Waals surface area (Å²) >= 11 is 1.41. The van der Waals surface area contributed by atoms with Gasteiger partial charge in [0.1, 0.15) is 13.2 Å². The molecule has 1 aliphatic rings. The zero-order valence-electron chi connectivity index (χ0n) is 16.7. The van der Waals surface area contributed by atoms with Crippen molar-refractivity contribution < 1.29 is 19.1 Å². The van der Waals surface area contributed by atoms with Crippen LogP contribution >= 0.6 is 11.3 Å². The highest BCUT2D eigenvalue weighted by molar-refractivity contribution is 7.16. The Balaban J connectivity index is 1.44. The number of thiazole rings is 1. The molecule has 0 bridgehead atoms. The lowest BCUT2D eigenvalue weighted by atomic mass is 10.0. The first kappa shape index (κ1) is 19.3. The van der Waals surface area contributed by atoms with Gasteiger partial charge in [-0.2, -0.15) is 4.99 Å². The van der Waals surface area contributed by atoms with Crippen LogP contribution in [0.4, 0.5) is 0 Å². The molecule has 3 aromatic carbocycles. The van der Waals surface area contributed by atoms with Gasteiger partial charge in [-0.3, -0.25) is 9.59 Å². The predicted octanol–water partition coefficient (Wildman–Crippen LogP) is 3.98. The Hall–Kier alpha value is -3.71. The second-order valence-corrected chi connectivity index (χ2v) is 8.11. The smallest absolute Gasteiger partial charge is 0.279 e. The Kier molecular flexibility index (Phi) is 4.88. The average Bonchev–Trinajstić information content (AvgIpc) is 3.12. The molecule has 154 valence electrons. The topological polar surface area (TPSA) is 69.9 Å². The summed E-state index contributed by atoms with van der Waals surface area (Å²) in [6, 6.07) is 19.5. The molecular formula is C24H18N2O4S. The van der Waals surface area contributed by atoms with Gasteiger partial charge in [0.15, 0.2) is 22.1 Å². The van der Waals surface area contributed by atoms with Crippen LogP contribution in [0.15, 0.2) is 71.7 Å². The fourth-order valence-electron chi connectivity index (χ4n) is 3.44. The van der Waals surface area contributed by atoms with Gasteiger partial charge >= 0.3 is 0 Å². The Morgan fingerprint density at radius 3 is 2.19 bits per heavy atom. The van der Waals surface area contributed by atoms with Crippen LogP contribution in [0.2, 0.25) is 0 Å². The van der Waals surface area contributed by atoms with E-state index in [2.05, 4.69) is 4.99 Å². The molecule has 5 rings (SSSR count). The molecule has 2 heterocycles. The van der Waals surface area contributed by atoms with Crippen molar-refractivity contribution in [1.29, 1.82) is 0 Å². The lowest BCUT2D eigenvalue weighted by Crippen LogP contribution is -2.15. The van der Waals surface area contributed by atoms with E-state index in [-0.39, 0.29) is 11.7 Å². The number of aromatic nitrogens is 1. The highest BCUT2D eigenvalue weighted by atomic mass is 32.1. The fraction of sp³-hybridized carbons (Fsp3) is 0.125. The molecule has 0 radical (unpaired) electrons. The summed E-state index contributed by atoms with van der Waals surface area (Å²) in [5.74, 6) is 0.958. The van der Waals surface area contributed by atoms with Gasteiger partial charge in [0, 0.05) is 35.9 Å². The van der Waals surface area contributed by atoms with E-state index in [0.717, 1.165) is 10.2 Å². The number of nitrogens with zero attached hydrogens (tertiary/aromatic N) is 2. The van der Waals surface area contributed by atoms with Crippen molar-refractivity contribution in [3.63, 3.8) is 0 Å². The summed E-state index contributed by atoms with van der Waals surface area (Å²) in [5, 5.41) is 0. The predicted molar refractivity (Wildman–Crippen MR) is 118 cm³/mol. The van der Waals surface area contributed by atoms with Crippen molar-refractivity contribution in [2.75, 3.05) is 13.2 Å². The molecular weight excluding hydrogens is 412 g/mol. The summed E-state index contributed by atoms with van der Waals surface area (Å²) in [7, 11) is 1.86. The van der Waals surface area contributed by atoms with Gasteiger partial charge in [-0.1, -0.05) is 53.8 Å². The number of carbonyl (C=O) groups excluding carboxylic acids is 2. The number of aryl methyl sites for hydroxylation is 1. The summed E-state index contributed by atoms with van der Waals surface area (Å²) in [4.78, 5) is 30.2. The van der Waals surface area contributed by atoms with Crippen LogP contribution in [0, 0.1) is 0 Å². The van der Waals surface area contributed by atoms with E-state index in [1.54, 1.807) is 36.4 Å². The van der Waals surface area contributed by atoms with Crippen LogP contribution in [0.3, 0.4) is 0 Å². The van der Waals surface area contributed by atoms with Crippen LogP contribution in [0.1, 0.15) is 26.3 Å². The Morgan fingerprint density at radius 2 is 1.48 bits per heavy atom. The maximum Gasteiger partial charge on any atom is 0.279 e. The molecule has 1 aromatic heterocycles. The molecule has 31 heavy (non-hydrogen) atoms. The van der Waals surface area contributed by atoms with E-state index in [9.17, 15) is 9.59 Å². The number of hydrogen-bond donors (Lipinski definition) is 0. The molecule has 0 spiro atoms. The molecule has 0 fully saturated rings. The lowest BCUT2D eigenvalue weighted by molar-refractivity contribution is 0.0994. The molecule has 0 unspecified atom stereocenters. The van der Waals surface area contributed by atoms with Gasteiger partial charge in [0.2, 0.25) is 0 Å². The summed E-state index contributed by atoms with van der Waals surface area (Å²) in [6.07, 6.45) is 0. The van der Waals surface area contributed by atoms with Crippen LogP contribution in [-0.2, 0) is 7.05 Å². The third-order valence-electron chi connectivity index (χ3n) is 5.10. The first-order chi connectivity index (χ1) is 15.1. The maximum absolute atomic E-state index is 12.7. The van der Waals surface area contributed by atoms with Gasteiger partial charge < -0.3 is 14.0 Å². The molecule has 1 amide bonds. The minimum Gasteiger partial charge on any atom is -0.486 e. The summed E-state index contributed by atoms with van der Waals surface area (Å²) < 4.78 is 14.1. The SMILES string of the molecule is Cn1c(=NC(=O)c2ccc(C(=O)c3ccccc3)cc2)sc2cc3c(cc21)OCCO3. The fourth-order valence-corrected chi connectivity index (χ4v) is 4.47. The van der Waals surface area contributed by atoms with Crippen molar-refractivity contribution in [1.82, 2.24) is 4.57 Å². The third kappa shape index (κ3) is 3.64. The number of hydrogen-bond acceptors (Lipinski definition) is 5. The monoisotopic (exact) mass is 430 g/mol. The number of amides is 1. The normalized spacial score (nSPS) is 13.4. The van der Waals surface area contributed by atoms with E-state index >= 15 is 0 Å². The molecule has 0 atom stereocenters. The largest absolute Gasteiger partial charge is 0.486 e. The van der Waals surface area contributed by atoms with E-state index < -0.39 is 0 Å². The zero-order valence-corrected chi connectivity index (χ0v) is 17.5. The van der Waals surface area contributed by atoms with Crippen molar-refractivity contribution in [2.45, 2.75) is 0 Å². The van der Waals surface area contributed by atoms with Crippen molar-refractivity contribution in [2.24, 2.45) is 12.0 Å². The van der Waals surface area contributed by atoms with Crippen LogP contribution in [-0.4, -0.2) is 29.5 Å². The number of rotatable bonds is 3. The second kappa shape index (κ2) is 7.85. The number of ketones is 1. The molecule has 6 nitrogen and oxygen atoms in total. The van der Waals surface area contributed by atoms with Gasteiger partial charge in [0.25, 0.3) is 5.91 Å². The molecule has 1 aliphatic heterocycles. The minimum atomic E-state index is -0.363. The highest BCUT2D eigenvalue weighted by Gasteiger charge is 2.16. The number of fused-ring (bicyclic) bond motifs is 2. The molecule has 7 heteroatoms. The van der Waals surface area contributed by atoms with E-state index in [0.29, 0.717) is 46.2 Å². The molecule has 0 N–H and O–H groups in total. The molecule has 0 aliphatic carbocycles. The van der Waals surface area contributed by atoms with Gasteiger partial charge in [0.05, 0.1) is 10.2 Å². The Bertz CT molecular complexity index is 1370. The van der Waals surface area contributed by atoms with Gasteiger partial charge in [-0.05, 0) is 12.1 Å². The second-order valence-electron chi connectivity index (χ2n) is 7.10. The number of ether oxygens (including phenoxy) is 2. The van der Waals surface area contributed by atoms with Crippen LogP contribution in [0.5, 0.6) is 11.5 Å². The standard InChI is InChI=1S/C24H18N2O4S/c1-26-18-13-19-20(30-12-11-29-19)14-21(18)31-24(26)25-23(28)17-9-7-16(8-10-17)22(27)15-5-3-2-4-6-15/h2-10,13-14H,11-12H2,1H3. The third-order valence-corrected chi connectivity index (χ3v) is 6.20. The van der Waals surface area contributed by atoms with Gasteiger partial charge in [-0.15, -0.1) is 0 Å². The minimum absolute atomic E-state index is 0.0825. The molecule has 4 aromatic rings. The molecule has 0 saturated carbocycles. The van der Waals surface area contributed by atoms with E-state index in [4.69, 9.17) is 9.47 Å². The number of carbonyl (C=O) groups is 2. The lowest BCUT2D eigenvalue weighted by Gasteiger charge is -2.18. The first-order valence-electron chi connectivity index (χ1n) is 9.78. The van der Waals surface area contributed by atoms with Crippen LogP contribution < -0.4 is 14.3 Å². The Labute approximate surface area is 182 Å². The van der Waals surface area contributed by atoms with Crippen LogP contribution in [0.25, 0.3) is 10.2 Å². The zero-order chi connectivity index (χ0) is 21.4. The average molecular weight is 430 g/mol. The quantitative estimate of drug-likeness (QED) is 0.461. The Morgan fingerprint density at radius 1 is 0.871 bits per heavy atom. The maximum atomic E-state index is 12.7. The van der Waals surface area contributed by atoms with Gasteiger partial charge in [-0.25, -0.2) is 0 Å². The van der Waals surface area contributed by atoms with Crippen molar-refractivity contribution in [3.05, 3.63) is 88.2 Å². The summed E-state index contributed by atoms with van der Waals surface area (Å²) in [5.41, 5.74) is 2.48.